The fourth-order valence-corrected chi connectivity index (χ4v) is 1.06. The van der Waals surface area contributed by atoms with E-state index in [0.29, 0.717) is 0 Å². The highest BCUT2D eigenvalue weighted by atomic mass is 15.0. The largest absolute Gasteiger partial charge is 0.262 e. The molecule has 11 heavy (non-hydrogen) atoms. The monoisotopic (exact) mass is 143 g/mol. The second-order valence-electron chi connectivity index (χ2n) is 2.22. The van der Waals surface area contributed by atoms with Gasteiger partial charge in [0, 0.05) is 17.8 Å². The van der Waals surface area contributed by atoms with Gasteiger partial charge in [-0.1, -0.05) is 0 Å². The van der Waals surface area contributed by atoms with Crippen molar-refractivity contribution in [1.29, 1.82) is 5.26 Å². The van der Waals surface area contributed by atoms with Gasteiger partial charge in [0.1, 0.15) is 0 Å². The van der Waals surface area contributed by atoms with Gasteiger partial charge in [-0.05, 0) is 12.1 Å². The van der Waals surface area contributed by atoms with Crippen molar-refractivity contribution in [3.05, 3.63) is 30.7 Å². The molecule has 0 fully saturated rings. The maximum Gasteiger partial charge on any atom is 0.188 e. The number of nitriles is 1. The van der Waals surface area contributed by atoms with Gasteiger partial charge in [0.05, 0.1) is 11.7 Å². The van der Waals surface area contributed by atoms with Crippen molar-refractivity contribution in [3.8, 4) is 6.19 Å². The average molecular weight is 143 g/mol. The molecule has 0 radical (unpaired) electrons. The van der Waals surface area contributed by atoms with E-state index in [0.717, 1.165) is 10.9 Å². The minimum absolute atomic E-state index is 0.856. The van der Waals surface area contributed by atoms with Crippen LogP contribution in [0.2, 0.25) is 0 Å². The lowest BCUT2D eigenvalue weighted by Crippen LogP contribution is -1.83. The summed E-state index contributed by atoms with van der Waals surface area (Å²) in [5.74, 6) is 0. The molecule has 0 amide bonds. The SMILES string of the molecule is N#Cn1ccc2ccncc21. The predicted molar refractivity (Wildman–Crippen MR) is 40.7 cm³/mol. The molecule has 0 saturated carbocycles. The van der Waals surface area contributed by atoms with Crippen LogP contribution < -0.4 is 0 Å². The Morgan fingerprint density at radius 3 is 3.18 bits per heavy atom. The van der Waals surface area contributed by atoms with Crippen molar-refractivity contribution < 1.29 is 0 Å². The second kappa shape index (κ2) is 2.10. The number of fused-ring (bicyclic) bond motifs is 1. The van der Waals surface area contributed by atoms with Crippen LogP contribution in [0.4, 0.5) is 0 Å². The zero-order valence-electron chi connectivity index (χ0n) is 5.73. The van der Waals surface area contributed by atoms with Crippen LogP contribution in [0.15, 0.2) is 30.7 Å². The average Bonchev–Trinajstić information content (AvgIpc) is 2.47. The molecule has 0 saturated heterocycles. The topological polar surface area (TPSA) is 41.6 Å². The molecule has 0 aliphatic rings. The standard InChI is InChI=1S/C8H5N3/c9-6-11-4-2-7-1-3-10-5-8(7)11/h1-5H. The predicted octanol–water partition coefficient (Wildman–Crippen LogP) is 1.37. The van der Waals surface area contributed by atoms with Gasteiger partial charge in [-0.15, -0.1) is 0 Å². The molecule has 0 aliphatic heterocycles. The Hall–Kier alpha value is -1.82. The van der Waals surface area contributed by atoms with E-state index in [1.165, 1.54) is 4.57 Å². The summed E-state index contributed by atoms with van der Waals surface area (Å²) in [4.78, 5) is 3.92. The molecule has 2 heterocycles. The molecule has 0 aliphatic carbocycles. The van der Waals surface area contributed by atoms with Gasteiger partial charge < -0.3 is 0 Å². The van der Waals surface area contributed by atoms with Gasteiger partial charge in [-0.25, -0.2) is 0 Å². The van der Waals surface area contributed by atoms with E-state index >= 15 is 0 Å². The summed E-state index contributed by atoms with van der Waals surface area (Å²) in [5, 5.41) is 9.65. The fourth-order valence-electron chi connectivity index (χ4n) is 1.06. The summed E-state index contributed by atoms with van der Waals surface area (Å²) in [6.07, 6.45) is 7.15. The maximum atomic E-state index is 8.61. The smallest absolute Gasteiger partial charge is 0.188 e. The van der Waals surface area contributed by atoms with Crippen LogP contribution in [0.25, 0.3) is 10.9 Å². The summed E-state index contributed by atoms with van der Waals surface area (Å²) in [5.41, 5.74) is 0.856. The van der Waals surface area contributed by atoms with Gasteiger partial charge in [-0.2, -0.15) is 5.26 Å². The third-order valence-electron chi connectivity index (χ3n) is 1.60. The summed E-state index contributed by atoms with van der Waals surface area (Å²) in [6, 6.07) is 3.77. The Kier molecular flexibility index (Phi) is 1.13. The van der Waals surface area contributed by atoms with Crippen molar-refractivity contribution in [2.24, 2.45) is 0 Å². The fraction of sp³-hybridized carbons (Fsp3) is 0. The first-order valence-electron chi connectivity index (χ1n) is 3.23. The van der Waals surface area contributed by atoms with Crippen LogP contribution in [0.3, 0.4) is 0 Å². The lowest BCUT2D eigenvalue weighted by Gasteiger charge is -1.88. The Labute approximate surface area is 63.5 Å². The van der Waals surface area contributed by atoms with Crippen molar-refractivity contribution in [1.82, 2.24) is 9.55 Å². The second-order valence-corrected chi connectivity index (χ2v) is 2.22. The summed E-state index contributed by atoms with van der Waals surface area (Å²) < 4.78 is 1.49. The van der Waals surface area contributed by atoms with Crippen LogP contribution in [0, 0.1) is 11.5 Å². The van der Waals surface area contributed by atoms with Crippen molar-refractivity contribution in [2.45, 2.75) is 0 Å². The Balaban J connectivity index is 2.89. The molecular formula is C8H5N3. The van der Waals surface area contributed by atoms with E-state index in [-0.39, 0.29) is 0 Å². The molecule has 0 atom stereocenters. The molecule has 0 unspecified atom stereocenters. The minimum Gasteiger partial charge on any atom is -0.262 e. The van der Waals surface area contributed by atoms with Crippen molar-refractivity contribution in [3.63, 3.8) is 0 Å². The first-order valence-corrected chi connectivity index (χ1v) is 3.23. The molecule has 0 N–H and O–H groups in total. The van der Waals surface area contributed by atoms with Crippen LogP contribution in [-0.2, 0) is 0 Å². The van der Waals surface area contributed by atoms with Crippen molar-refractivity contribution >= 4 is 10.9 Å². The van der Waals surface area contributed by atoms with Gasteiger partial charge in [0.25, 0.3) is 0 Å². The summed E-state index contributed by atoms with van der Waals surface area (Å²) >= 11 is 0. The Morgan fingerprint density at radius 1 is 1.45 bits per heavy atom. The van der Waals surface area contributed by atoms with E-state index in [2.05, 4.69) is 4.98 Å². The highest BCUT2D eigenvalue weighted by Crippen LogP contribution is 2.11. The third-order valence-corrected chi connectivity index (χ3v) is 1.60. The zero-order chi connectivity index (χ0) is 7.68. The third kappa shape index (κ3) is 0.767. The van der Waals surface area contributed by atoms with Crippen LogP contribution in [-0.4, -0.2) is 9.55 Å². The highest BCUT2D eigenvalue weighted by Gasteiger charge is 1.96. The number of nitrogens with zero attached hydrogens (tertiary/aromatic N) is 3. The van der Waals surface area contributed by atoms with Gasteiger partial charge >= 0.3 is 0 Å². The first-order chi connectivity index (χ1) is 5.42. The molecule has 0 spiro atoms. The molecule has 3 nitrogen and oxygen atoms in total. The van der Waals surface area contributed by atoms with E-state index in [4.69, 9.17) is 5.26 Å². The first kappa shape index (κ1) is 5.93. The maximum absolute atomic E-state index is 8.61. The quantitative estimate of drug-likeness (QED) is 0.558. The normalized spacial score (nSPS) is 9.73. The van der Waals surface area contributed by atoms with Crippen molar-refractivity contribution in [2.75, 3.05) is 0 Å². The summed E-state index contributed by atoms with van der Waals surface area (Å²) in [6.45, 7) is 0. The van der Waals surface area contributed by atoms with Crippen LogP contribution in [0.5, 0.6) is 0 Å². The Morgan fingerprint density at radius 2 is 2.36 bits per heavy atom. The number of hydrogen-bond acceptors (Lipinski definition) is 2. The molecular weight excluding hydrogens is 138 g/mol. The van der Waals surface area contributed by atoms with E-state index < -0.39 is 0 Å². The summed E-state index contributed by atoms with van der Waals surface area (Å²) in [7, 11) is 0. The number of aromatic nitrogens is 2. The molecule has 3 heteroatoms. The molecule has 2 aromatic rings. The molecule has 0 bridgehead atoms. The number of pyridine rings is 1. The molecule has 2 aromatic heterocycles. The molecule has 0 aromatic carbocycles. The van der Waals surface area contributed by atoms with Crippen LogP contribution in [0.1, 0.15) is 0 Å². The van der Waals surface area contributed by atoms with Gasteiger partial charge in [0.2, 0.25) is 0 Å². The van der Waals surface area contributed by atoms with E-state index in [1.807, 2.05) is 18.3 Å². The molecule has 52 valence electrons. The van der Waals surface area contributed by atoms with E-state index in [1.54, 1.807) is 18.6 Å². The minimum atomic E-state index is 0.856. The van der Waals surface area contributed by atoms with Gasteiger partial charge in [-0.3, -0.25) is 9.55 Å². The molecule has 2 rings (SSSR count). The highest BCUT2D eigenvalue weighted by molar-refractivity contribution is 5.79. The zero-order valence-corrected chi connectivity index (χ0v) is 5.73. The van der Waals surface area contributed by atoms with Gasteiger partial charge in [0.15, 0.2) is 6.19 Å². The lowest BCUT2D eigenvalue weighted by molar-refractivity contribution is 1.14. The lowest BCUT2D eigenvalue weighted by atomic mass is 10.3. The number of rotatable bonds is 0. The Bertz CT molecular complexity index is 422. The van der Waals surface area contributed by atoms with E-state index in [9.17, 15) is 0 Å². The van der Waals surface area contributed by atoms with Crippen LogP contribution >= 0.6 is 0 Å². The number of hydrogen-bond donors (Lipinski definition) is 0.